The van der Waals surface area contributed by atoms with Crippen molar-refractivity contribution in [3.05, 3.63) is 70.8 Å². The highest BCUT2D eigenvalue weighted by molar-refractivity contribution is 5.72. The second-order valence-electron chi connectivity index (χ2n) is 4.97. The van der Waals surface area contributed by atoms with Gasteiger partial charge in [-0.3, -0.25) is 4.79 Å². The van der Waals surface area contributed by atoms with Gasteiger partial charge in [0.25, 0.3) is 0 Å². The molecule has 2 N–H and O–H groups in total. The van der Waals surface area contributed by atoms with Gasteiger partial charge in [-0.2, -0.15) is 0 Å². The summed E-state index contributed by atoms with van der Waals surface area (Å²) in [5, 5.41) is 13.1. The van der Waals surface area contributed by atoms with E-state index in [1.807, 2.05) is 55.5 Å². The molecular weight excluding hydrogens is 250 g/mol. The minimum absolute atomic E-state index is 0.0473. The number of carbonyl (C=O) groups excluding carboxylic acids is 1. The van der Waals surface area contributed by atoms with Gasteiger partial charge in [0.05, 0.1) is 0 Å². The molecule has 0 bridgehead atoms. The van der Waals surface area contributed by atoms with Gasteiger partial charge in [-0.25, -0.2) is 0 Å². The van der Waals surface area contributed by atoms with E-state index in [0.717, 1.165) is 22.3 Å². The molecule has 0 saturated heterocycles. The highest BCUT2D eigenvalue weighted by atomic mass is 16.3. The van der Waals surface area contributed by atoms with Crippen LogP contribution >= 0.6 is 0 Å². The first-order valence-electron chi connectivity index (χ1n) is 6.64. The van der Waals surface area contributed by atoms with Crippen LogP contribution < -0.4 is 5.32 Å². The zero-order valence-electron chi connectivity index (χ0n) is 11.8. The Kier molecular flexibility index (Phi) is 4.53. The normalized spacial score (nSPS) is 11.9. The third-order valence-electron chi connectivity index (χ3n) is 3.19. The van der Waals surface area contributed by atoms with Crippen LogP contribution in [0.15, 0.2) is 48.5 Å². The van der Waals surface area contributed by atoms with Gasteiger partial charge in [0.2, 0.25) is 5.91 Å². The molecule has 0 fully saturated rings. The minimum atomic E-state index is -0.621. The zero-order valence-corrected chi connectivity index (χ0v) is 11.8. The van der Waals surface area contributed by atoms with E-state index in [1.54, 1.807) is 0 Å². The van der Waals surface area contributed by atoms with Crippen LogP contribution in [0.4, 0.5) is 0 Å². The van der Waals surface area contributed by atoms with Gasteiger partial charge in [-0.1, -0.05) is 54.1 Å². The van der Waals surface area contributed by atoms with Crippen molar-refractivity contribution in [3.63, 3.8) is 0 Å². The number of amides is 1. The molecule has 3 nitrogen and oxygen atoms in total. The maximum Gasteiger partial charge on any atom is 0.217 e. The first-order chi connectivity index (χ1) is 9.56. The van der Waals surface area contributed by atoms with Crippen molar-refractivity contribution in [1.29, 1.82) is 0 Å². The lowest BCUT2D eigenvalue weighted by Gasteiger charge is -2.13. The smallest absolute Gasteiger partial charge is 0.217 e. The molecule has 2 rings (SSSR count). The number of benzene rings is 2. The largest absolute Gasteiger partial charge is 0.384 e. The summed E-state index contributed by atoms with van der Waals surface area (Å²) in [5.41, 5.74) is 3.88. The highest BCUT2D eigenvalue weighted by Gasteiger charge is 2.10. The molecule has 1 atom stereocenters. The molecular formula is C17H19NO2. The molecule has 104 valence electrons. The van der Waals surface area contributed by atoms with E-state index < -0.39 is 6.10 Å². The standard InChI is InChI=1S/C17H19NO2/c1-12-4-3-5-16(10-12)17(20)15-8-6-14(7-9-15)11-18-13(2)19/h3-10,17,20H,11H2,1-2H3,(H,18,19). The summed E-state index contributed by atoms with van der Waals surface area (Å²) in [5.74, 6) is -0.0473. The monoisotopic (exact) mass is 269 g/mol. The van der Waals surface area contributed by atoms with E-state index >= 15 is 0 Å². The number of carbonyl (C=O) groups is 1. The van der Waals surface area contributed by atoms with Gasteiger partial charge in [-0.15, -0.1) is 0 Å². The van der Waals surface area contributed by atoms with Crippen LogP contribution in [0, 0.1) is 6.92 Å². The van der Waals surface area contributed by atoms with E-state index in [2.05, 4.69) is 5.32 Å². The average molecular weight is 269 g/mol. The van der Waals surface area contributed by atoms with E-state index in [4.69, 9.17) is 0 Å². The Morgan fingerprint density at radius 1 is 1.15 bits per heavy atom. The molecule has 0 aromatic heterocycles. The van der Waals surface area contributed by atoms with E-state index in [0.29, 0.717) is 6.54 Å². The number of aliphatic hydroxyl groups is 1. The van der Waals surface area contributed by atoms with Gasteiger partial charge < -0.3 is 10.4 Å². The molecule has 0 spiro atoms. The van der Waals surface area contributed by atoms with Crippen LogP contribution in [0.5, 0.6) is 0 Å². The molecule has 0 aliphatic heterocycles. The molecule has 20 heavy (non-hydrogen) atoms. The lowest BCUT2D eigenvalue weighted by atomic mass is 9.99. The number of hydrogen-bond donors (Lipinski definition) is 2. The summed E-state index contributed by atoms with van der Waals surface area (Å²) in [6.45, 7) is 4.01. The quantitative estimate of drug-likeness (QED) is 0.896. The van der Waals surface area contributed by atoms with Gasteiger partial charge in [0, 0.05) is 13.5 Å². The van der Waals surface area contributed by atoms with Gasteiger partial charge >= 0.3 is 0 Å². The van der Waals surface area contributed by atoms with Gasteiger partial charge in [0.15, 0.2) is 0 Å². The third-order valence-corrected chi connectivity index (χ3v) is 3.19. The van der Waals surface area contributed by atoms with Crippen molar-refractivity contribution < 1.29 is 9.90 Å². The number of aryl methyl sites for hydroxylation is 1. The Morgan fingerprint density at radius 2 is 1.85 bits per heavy atom. The molecule has 1 unspecified atom stereocenters. The predicted octanol–water partition coefficient (Wildman–Crippen LogP) is 2.71. The van der Waals surface area contributed by atoms with E-state index in [9.17, 15) is 9.90 Å². The van der Waals surface area contributed by atoms with Gasteiger partial charge in [0.1, 0.15) is 6.10 Å². The maximum absolute atomic E-state index is 10.9. The summed E-state index contributed by atoms with van der Waals surface area (Å²) in [7, 11) is 0. The molecule has 3 heteroatoms. The predicted molar refractivity (Wildman–Crippen MR) is 79.2 cm³/mol. The second-order valence-corrected chi connectivity index (χ2v) is 4.97. The molecule has 0 aliphatic rings. The maximum atomic E-state index is 10.9. The number of aliphatic hydroxyl groups excluding tert-OH is 1. The molecule has 1 amide bonds. The first kappa shape index (κ1) is 14.3. The molecule has 0 radical (unpaired) electrons. The number of hydrogen-bond acceptors (Lipinski definition) is 2. The summed E-state index contributed by atoms with van der Waals surface area (Å²) in [4.78, 5) is 10.9. The van der Waals surface area contributed by atoms with Crippen LogP contribution in [0.3, 0.4) is 0 Å². The summed E-state index contributed by atoms with van der Waals surface area (Å²) in [6.07, 6.45) is -0.621. The van der Waals surface area contributed by atoms with Crippen LogP contribution in [-0.2, 0) is 11.3 Å². The van der Waals surface area contributed by atoms with Crippen molar-refractivity contribution in [3.8, 4) is 0 Å². The minimum Gasteiger partial charge on any atom is -0.384 e. The fourth-order valence-electron chi connectivity index (χ4n) is 2.08. The number of nitrogens with one attached hydrogen (secondary N) is 1. The first-order valence-corrected chi connectivity index (χ1v) is 6.64. The Bertz CT molecular complexity index is 590. The molecule has 0 heterocycles. The molecule has 2 aromatic rings. The summed E-state index contributed by atoms with van der Waals surface area (Å²) < 4.78 is 0. The van der Waals surface area contributed by atoms with Crippen LogP contribution in [0.1, 0.15) is 35.3 Å². The summed E-state index contributed by atoms with van der Waals surface area (Å²) >= 11 is 0. The topological polar surface area (TPSA) is 49.3 Å². The van der Waals surface area contributed by atoms with Crippen molar-refractivity contribution in [2.24, 2.45) is 0 Å². The highest BCUT2D eigenvalue weighted by Crippen LogP contribution is 2.22. The molecule has 2 aromatic carbocycles. The third kappa shape index (κ3) is 3.68. The Hall–Kier alpha value is -2.13. The zero-order chi connectivity index (χ0) is 14.5. The number of rotatable bonds is 4. The van der Waals surface area contributed by atoms with Crippen molar-refractivity contribution in [2.45, 2.75) is 26.5 Å². The average Bonchev–Trinajstić information content (AvgIpc) is 2.45. The lowest BCUT2D eigenvalue weighted by Crippen LogP contribution is -2.18. The Morgan fingerprint density at radius 3 is 2.45 bits per heavy atom. The van der Waals surface area contributed by atoms with Crippen molar-refractivity contribution in [1.82, 2.24) is 5.32 Å². The molecule has 0 aliphatic carbocycles. The van der Waals surface area contributed by atoms with Crippen molar-refractivity contribution in [2.75, 3.05) is 0 Å². The van der Waals surface area contributed by atoms with E-state index in [-0.39, 0.29) is 5.91 Å². The van der Waals surface area contributed by atoms with Crippen molar-refractivity contribution >= 4 is 5.91 Å². The van der Waals surface area contributed by atoms with Crippen LogP contribution in [0.25, 0.3) is 0 Å². The van der Waals surface area contributed by atoms with Crippen LogP contribution in [-0.4, -0.2) is 11.0 Å². The van der Waals surface area contributed by atoms with Crippen LogP contribution in [0.2, 0.25) is 0 Å². The molecule has 0 saturated carbocycles. The summed E-state index contributed by atoms with van der Waals surface area (Å²) in [6, 6.07) is 15.5. The van der Waals surface area contributed by atoms with Gasteiger partial charge in [-0.05, 0) is 23.6 Å². The fraction of sp³-hybridized carbons (Fsp3) is 0.235. The second kappa shape index (κ2) is 6.35. The Labute approximate surface area is 119 Å². The van der Waals surface area contributed by atoms with E-state index in [1.165, 1.54) is 6.92 Å². The lowest BCUT2D eigenvalue weighted by molar-refractivity contribution is -0.119. The SMILES string of the molecule is CC(=O)NCc1ccc(C(O)c2cccc(C)c2)cc1. The Balaban J connectivity index is 2.11. The fourth-order valence-corrected chi connectivity index (χ4v) is 2.08.